The zero-order valence-corrected chi connectivity index (χ0v) is 19.2. The second-order valence-corrected chi connectivity index (χ2v) is 7.44. The molecule has 156 valence electrons. The average Bonchev–Trinajstić information content (AvgIpc) is 2.75. The van der Waals surface area contributed by atoms with Crippen LogP contribution in [0.5, 0.6) is 0 Å². The van der Waals surface area contributed by atoms with Crippen molar-refractivity contribution >= 4 is 35.9 Å². The van der Waals surface area contributed by atoms with Gasteiger partial charge < -0.3 is 19.7 Å². The third kappa shape index (κ3) is 5.37. The molecule has 2 fully saturated rings. The minimum absolute atomic E-state index is 0. The minimum atomic E-state index is -0.0946. The summed E-state index contributed by atoms with van der Waals surface area (Å²) in [7, 11) is 3.29. The molecular weight excluding hydrogens is 469 g/mol. The van der Waals surface area contributed by atoms with E-state index in [9.17, 15) is 4.79 Å². The number of carbonyl (C=O) groups is 1. The van der Waals surface area contributed by atoms with Gasteiger partial charge >= 0.3 is 5.97 Å². The molecule has 28 heavy (non-hydrogen) atoms. The van der Waals surface area contributed by atoms with Crippen LogP contribution >= 0.6 is 24.0 Å². The number of piperidine rings is 1. The summed E-state index contributed by atoms with van der Waals surface area (Å²) in [4.78, 5) is 18.5. The Morgan fingerprint density at radius 1 is 1.25 bits per heavy atom. The maximum atomic E-state index is 11.7. The predicted molar refractivity (Wildman–Crippen MR) is 121 cm³/mol. The number of ether oxygens (including phenoxy) is 2. The second-order valence-electron chi connectivity index (χ2n) is 7.44. The number of aliphatic imine (C=N–C) groups is 1. The first-order chi connectivity index (χ1) is 13.2. The topological polar surface area (TPSA) is 63.2 Å². The third-order valence-electron chi connectivity index (χ3n) is 5.96. The molecule has 0 amide bonds. The number of carbonyl (C=O) groups excluding carboxylic acids is 1. The minimum Gasteiger partial charge on any atom is -0.469 e. The van der Waals surface area contributed by atoms with Crippen LogP contribution in [0.1, 0.15) is 31.2 Å². The van der Waals surface area contributed by atoms with Crippen LogP contribution in [-0.4, -0.2) is 63.8 Å². The fourth-order valence-corrected chi connectivity index (χ4v) is 4.20. The van der Waals surface area contributed by atoms with E-state index in [0.717, 1.165) is 64.5 Å². The number of guanidine groups is 1. The number of benzene rings is 1. The number of hydrogen-bond donors (Lipinski definition) is 1. The summed E-state index contributed by atoms with van der Waals surface area (Å²) in [5.74, 6) is 0.832. The summed E-state index contributed by atoms with van der Waals surface area (Å²) in [6, 6.07) is 10.7. The molecule has 1 N–H and O–H groups in total. The quantitative estimate of drug-likeness (QED) is 0.298. The molecule has 0 aromatic heterocycles. The molecule has 0 aliphatic carbocycles. The number of nitrogens with one attached hydrogen (secondary N) is 1. The smallest absolute Gasteiger partial charge is 0.308 e. The second kappa shape index (κ2) is 11.0. The lowest BCUT2D eigenvalue weighted by Crippen LogP contribution is -2.51. The number of methoxy groups -OCH3 is 1. The average molecular weight is 501 g/mol. The largest absolute Gasteiger partial charge is 0.469 e. The first-order valence-corrected chi connectivity index (χ1v) is 9.85. The number of rotatable bonds is 4. The molecular formula is C21H32IN3O3. The number of halogens is 1. The zero-order chi connectivity index (χ0) is 19.1. The molecule has 3 rings (SSSR count). The molecule has 0 atom stereocenters. The highest BCUT2D eigenvalue weighted by atomic mass is 127. The molecule has 2 saturated heterocycles. The van der Waals surface area contributed by atoms with Crippen molar-refractivity contribution in [3.8, 4) is 0 Å². The first kappa shape index (κ1) is 22.9. The fourth-order valence-electron chi connectivity index (χ4n) is 4.20. The molecule has 2 aliphatic rings. The SMILES string of the molecule is CN=C(NCC1(c2ccccc2)CCOCC1)N1CCC(C(=O)OC)CC1.I. The van der Waals surface area contributed by atoms with Crippen molar-refractivity contribution in [3.05, 3.63) is 35.9 Å². The highest BCUT2D eigenvalue weighted by Gasteiger charge is 2.35. The molecule has 7 heteroatoms. The third-order valence-corrected chi connectivity index (χ3v) is 5.96. The van der Waals surface area contributed by atoms with Crippen molar-refractivity contribution in [2.24, 2.45) is 10.9 Å². The van der Waals surface area contributed by atoms with Crippen molar-refractivity contribution in [2.45, 2.75) is 31.1 Å². The van der Waals surface area contributed by atoms with E-state index in [-0.39, 0.29) is 41.3 Å². The van der Waals surface area contributed by atoms with Gasteiger partial charge in [-0.25, -0.2) is 0 Å². The Hall–Kier alpha value is -1.35. The van der Waals surface area contributed by atoms with Crippen LogP contribution in [0.25, 0.3) is 0 Å². The Kier molecular flexibility index (Phi) is 9.01. The zero-order valence-electron chi connectivity index (χ0n) is 16.9. The highest BCUT2D eigenvalue weighted by Crippen LogP contribution is 2.34. The molecule has 1 aromatic carbocycles. The molecule has 0 saturated carbocycles. The highest BCUT2D eigenvalue weighted by molar-refractivity contribution is 14.0. The van der Waals surface area contributed by atoms with Gasteiger partial charge in [-0.15, -0.1) is 24.0 Å². The Morgan fingerprint density at radius 2 is 1.89 bits per heavy atom. The Bertz CT molecular complexity index is 640. The molecule has 6 nitrogen and oxygen atoms in total. The standard InChI is InChI=1S/C21H31N3O3.HI/c1-22-20(24-12-8-17(9-13-24)19(25)26-2)23-16-21(10-14-27-15-11-21)18-6-4-3-5-7-18;/h3-7,17H,8-16H2,1-2H3,(H,22,23);1H. The van der Waals surface area contributed by atoms with Gasteiger partial charge in [0.25, 0.3) is 0 Å². The van der Waals surface area contributed by atoms with Gasteiger partial charge in [-0.1, -0.05) is 30.3 Å². The van der Waals surface area contributed by atoms with Crippen molar-refractivity contribution in [1.29, 1.82) is 0 Å². The summed E-state index contributed by atoms with van der Waals surface area (Å²) in [6.07, 6.45) is 3.63. The van der Waals surface area contributed by atoms with E-state index in [1.807, 2.05) is 7.05 Å². The number of nitrogens with zero attached hydrogens (tertiary/aromatic N) is 2. The maximum absolute atomic E-state index is 11.7. The van der Waals surface area contributed by atoms with Gasteiger partial charge in [0.05, 0.1) is 13.0 Å². The van der Waals surface area contributed by atoms with E-state index < -0.39 is 0 Å². The van der Waals surface area contributed by atoms with Crippen molar-refractivity contribution in [2.75, 3.05) is 47.0 Å². The monoisotopic (exact) mass is 501 g/mol. The Labute approximate surface area is 185 Å². The van der Waals surface area contributed by atoms with Gasteiger partial charge in [0.1, 0.15) is 0 Å². The molecule has 0 unspecified atom stereocenters. The van der Waals surface area contributed by atoms with Gasteiger partial charge in [-0.05, 0) is 31.2 Å². The fraction of sp³-hybridized carbons (Fsp3) is 0.619. The van der Waals surface area contributed by atoms with Crippen LogP contribution in [0, 0.1) is 5.92 Å². The van der Waals surface area contributed by atoms with Crippen LogP contribution in [0.2, 0.25) is 0 Å². The summed E-state index contributed by atoms with van der Waals surface area (Å²) in [6.45, 7) is 4.06. The maximum Gasteiger partial charge on any atom is 0.308 e. The molecule has 2 heterocycles. The van der Waals surface area contributed by atoms with E-state index in [0.29, 0.717) is 0 Å². The lowest BCUT2D eigenvalue weighted by Gasteiger charge is -2.40. The van der Waals surface area contributed by atoms with Gasteiger partial charge in [-0.3, -0.25) is 9.79 Å². The number of hydrogen-bond acceptors (Lipinski definition) is 4. The number of likely N-dealkylation sites (tertiary alicyclic amines) is 1. The summed E-state index contributed by atoms with van der Waals surface area (Å²) >= 11 is 0. The first-order valence-electron chi connectivity index (χ1n) is 9.85. The molecule has 0 bridgehead atoms. The van der Waals surface area contributed by atoms with Crippen LogP contribution < -0.4 is 5.32 Å². The van der Waals surface area contributed by atoms with Crippen LogP contribution in [0.15, 0.2) is 35.3 Å². The van der Waals surface area contributed by atoms with E-state index in [4.69, 9.17) is 9.47 Å². The predicted octanol–water partition coefficient (Wildman–Crippen LogP) is 2.81. The van der Waals surface area contributed by atoms with Crippen LogP contribution in [-0.2, 0) is 19.7 Å². The molecule has 2 aliphatic heterocycles. The van der Waals surface area contributed by atoms with Crippen molar-refractivity contribution < 1.29 is 14.3 Å². The van der Waals surface area contributed by atoms with Crippen LogP contribution in [0.4, 0.5) is 0 Å². The summed E-state index contributed by atoms with van der Waals surface area (Å²) in [5.41, 5.74) is 1.43. The van der Waals surface area contributed by atoms with Crippen molar-refractivity contribution in [3.63, 3.8) is 0 Å². The van der Waals surface area contributed by atoms with E-state index in [1.165, 1.54) is 12.7 Å². The molecule has 0 radical (unpaired) electrons. The van der Waals surface area contributed by atoms with Gasteiger partial charge in [-0.2, -0.15) is 0 Å². The van der Waals surface area contributed by atoms with Gasteiger partial charge in [0, 0.05) is 45.3 Å². The van der Waals surface area contributed by atoms with Crippen LogP contribution in [0.3, 0.4) is 0 Å². The Balaban J connectivity index is 0.00000280. The lowest BCUT2D eigenvalue weighted by atomic mass is 9.74. The van der Waals surface area contributed by atoms with Gasteiger partial charge in [0.15, 0.2) is 5.96 Å². The summed E-state index contributed by atoms with van der Waals surface area (Å²) < 4.78 is 10.5. The molecule has 1 aromatic rings. The van der Waals surface area contributed by atoms with Gasteiger partial charge in [0.2, 0.25) is 0 Å². The normalized spacial score (nSPS) is 20.2. The Morgan fingerprint density at radius 3 is 2.46 bits per heavy atom. The molecule has 0 spiro atoms. The lowest BCUT2D eigenvalue weighted by molar-refractivity contribution is -0.146. The summed E-state index contributed by atoms with van der Waals surface area (Å²) in [5, 5.41) is 3.61. The number of esters is 1. The van der Waals surface area contributed by atoms with E-state index in [1.54, 1.807) is 0 Å². The van der Waals surface area contributed by atoms with Crippen molar-refractivity contribution in [1.82, 2.24) is 10.2 Å². The van der Waals surface area contributed by atoms with E-state index >= 15 is 0 Å². The van der Waals surface area contributed by atoms with E-state index in [2.05, 4.69) is 45.5 Å².